The van der Waals surface area contributed by atoms with Crippen LogP contribution in [0.15, 0.2) is 36.4 Å². The number of amides is 2. The van der Waals surface area contributed by atoms with Gasteiger partial charge in [0.2, 0.25) is 11.8 Å². The number of hydrogen-bond acceptors (Lipinski definition) is 3. The summed E-state index contributed by atoms with van der Waals surface area (Å²) in [4.78, 5) is 28.7. The third-order valence-corrected chi connectivity index (χ3v) is 5.61. The van der Waals surface area contributed by atoms with Crippen molar-refractivity contribution >= 4 is 17.5 Å². The topological polar surface area (TPSA) is 49.9 Å². The van der Waals surface area contributed by atoms with E-state index in [-0.39, 0.29) is 30.5 Å². The highest BCUT2D eigenvalue weighted by Gasteiger charge is 2.38. The third-order valence-electron chi connectivity index (χ3n) is 5.61. The maximum absolute atomic E-state index is 14.3. The summed E-state index contributed by atoms with van der Waals surface area (Å²) in [6.45, 7) is 3.16. The standard InChI is InChI=1S/C22H23FN2O3/c1-14-3-6-20(19(23)9-14)25-13-17(11-21(25)26)22(27)24-8-7-15-4-5-18(28-2)10-16(15)12-24/h3-6,9-10,17H,7-8,11-13H2,1-2H3. The molecule has 28 heavy (non-hydrogen) atoms. The number of benzene rings is 2. The lowest BCUT2D eigenvalue weighted by molar-refractivity contribution is -0.136. The fourth-order valence-electron chi connectivity index (χ4n) is 4.04. The molecule has 6 heteroatoms. The molecule has 2 aromatic carbocycles. The van der Waals surface area contributed by atoms with Crippen molar-refractivity contribution in [2.75, 3.05) is 25.1 Å². The number of halogens is 1. The van der Waals surface area contributed by atoms with Crippen LogP contribution in [0.3, 0.4) is 0 Å². The molecule has 2 aliphatic rings. The Morgan fingerprint density at radius 3 is 2.75 bits per heavy atom. The molecule has 2 aliphatic heterocycles. The quantitative estimate of drug-likeness (QED) is 0.820. The zero-order chi connectivity index (χ0) is 19.8. The minimum Gasteiger partial charge on any atom is -0.497 e. The number of fused-ring (bicyclic) bond motifs is 1. The first kappa shape index (κ1) is 18.5. The molecule has 0 aliphatic carbocycles. The molecule has 1 fully saturated rings. The number of rotatable bonds is 3. The van der Waals surface area contributed by atoms with Crippen LogP contribution in [-0.2, 0) is 22.6 Å². The summed E-state index contributed by atoms with van der Waals surface area (Å²) >= 11 is 0. The number of ether oxygens (including phenoxy) is 1. The Bertz CT molecular complexity index is 943. The van der Waals surface area contributed by atoms with E-state index in [1.165, 1.54) is 16.5 Å². The normalized spacial score (nSPS) is 19.0. The zero-order valence-electron chi connectivity index (χ0n) is 16.1. The van der Waals surface area contributed by atoms with Gasteiger partial charge in [-0.25, -0.2) is 4.39 Å². The molecule has 5 nitrogen and oxygen atoms in total. The van der Waals surface area contributed by atoms with Gasteiger partial charge in [-0.2, -0.15) is 0 Å². The van der Waals surface area contributed by atoms with Gasteiger partial charge < -0.3 is 14.5 Å². The Labute approximate surface area is 163 Å². The van der Waals surface area contributed by atoms with Crippen molar-refractivity contribution in [2.24, 2.45) is 5.92 Å². The smallest absolute Gasteiger partial charge is 0.228 e. The fourth-order valence-corrected chi connectivity index (χ4v) is 4.04. The molecule has 2 aromatic rings. The van der Waals surface area contributed by atoms with Crippen LogP contribution in [0.5, 0.6) is 5.75 Å². The Morgan fingerprint density at radius 2 is 2.00 bits per heavy atom. The summed E-state index contributed by atoms with van der Waals surface area (Å²) in [6, 6.07) is 10.7. The average Bonchev–Trinajstić information content (AvgIpc) is 3.08. The molecule has 0 spiro atoms. The molecule has 2 amide bonds. The van der Waals surface area contributed by atoms with Gasteiger partial charge in [-0.1, -0.05) is 12.1 Å². The fraction of sp³-hybridized carbons (Fsp3) is 0.364. The molecule has 0 bridgehead atoms. The Kier molecular flexibility index (Phi) is 4.79. The minimum atomic E-state index is -0.444. The first-order valence-electron chi connectivity index (χ1n) is 9.47. The second-order valence-corrected chi connectivity index (χ2v) is 7.50. The lowest BCUT2D eigenvalue weighted by Crippen LogP contribution is -2.40. The number of carbonyl (C=O) groups excluding carboxylic acids is 2. The predicted octanol–water partition coefficient (Wildman–Crippen LogP) is 3.08. The van der Waals surface area contributed by atoms with Crippen LogP contribution in [0, 0.1) is 18.7 Å². The van der Waals surface area contributed by atoms with Crippen molar-refractivity contribution in [3.63, 3.8) is 0 Å². The Hall–Kier alpha value is -2.89. The lowest BCUT2D eigenvalue weighted by Gasteiger charge is -2.31. The molecule has 0 saturated carbocycles. The molecule has 0 aromatic heterocycles. The predicted molar refractivity (Wildman–Crippen MR) is 104 cm³/mol. The number of anilines is 1. The summed E-state index contributed by atoms with van der Waals surface area (Å²) in [5.74, 6) is -0.358. The van der Waals surface area contributed by atoms with Crippen LogP contribution in [0.25, 0.3) is 0 Å². The Morgan fingerprint density at radius 1 is 1.18 bits per heavy atom. The van der Waals surface area contributed by atoms with E-state index in [9.17, 15) is 14.0 Å². The van der Waals surface area contributed by atoms with Crippen molar-refractivity contribution in [1.82, 2.24) is 4.90 Å². The average molecular weight is 382 g/mol. The van der Waals surface area contributed by atoms with Gasteiger partial charge in [0.1, 0.15) is 11.6 Å². The van der Waals surface area contributed by atoms with Gasteiger partial charge in [0, 0.05) is 26.1 Å². The Balaban J connectivity index is 1.49. The molecule has 0 N–H and O–H groups in total. The minimum absolute atomic E-state index is 0.0446. The molecule has 1 unspecified atom stereocenters. The number of aryl methyl sites for hydroxylation is 1. The van der Waals surface area contributed by atoms with Gasteiger partial charge >= 0.3 is 0 Å². The summed E-state index contributed by atoms with van der Waals surface area (Å²) in [5, 5.41) is 0. The number of nitrogens with zero attached hydrogens (tertiary/aromatic N) is 2. The van der Waals surface area contributed by atoms with Crippen LogP contribution in [0.2, 0.25) is 0 Å². The largest absolute Gasteiger partial charge is 0.497 e. The zero-order valence-corrected chi connectivity index (χ0v) is 16.1. The van der Waals surface area contributed by atoms with Gasteiger partial charge in [0.05, 0.1) is 18.7 Å². The first-order chi connectivity index (χ1) is 13.5. The van der Waals surface area contributed by atoms with Crippen molar-refractivity contribution in [2.45, 2.75) is 26.3 Å². The van der Waals surface area contributed by atoms with E-state index in [1.54, 1.807) is 31.1 Å². The highest BCUT2D eigenvalue weighted by Crippen LogP contribution is 2.31. The maximum Gasteiger partial charge on any atom is 0.228 e. The lowest BCUT2D eigenvalue weighted by atomic mass is 9.97. The molecular weight excluding hydrogens is 359 g/mol. The van der Waals surface area contributed by atoms with Crippen molar-refractivity contribution < 1.29 is 18.7 Å². The van der Waals surface area contributed by atoms with Crippen LogP contribution >= 0.6 is 0 Å². The first-order valence-corrected chi connectivity index (χ1v) is 9.47. The summed E-state index contributed by atoms with van der Waals surface area (Å²) in [5.41, 5.74) is 3.34. The molecular formula is C22H23FN2O3. The highest BCUT2D eigenvalue weighted by atomic mass is 19.1. The van der Waals surface area contributed by atoms with E-state index >= 15 is 0 Å². The van der Waals surface area contributed by atoms with E-state index in [4.69, 9.17) is 4.74 Å². The second-order valence-electron chi connectivity index (χ2n) is 7.50. The van der Waals surface area contributed by atoms with Crippen molar-refractivity contribution in [3.05, 3.63) is 58.9 Å². The molecule has 2 heterocycles. The van der Waals surface area contributed by atoms with Crippen LogP contribution < -0.4 is 9.64 Å². The van der Waals surface area contributed by atoms with Crippen LogP contribution in [0.4, 0.5) is 10.1 Å². The van der Waals surface area contributed by atoms with E-state index < -0.39 is 11.7 Å². The summed E-state index contributed by atoms with van der Waals surface area (Å²) < 4.78 is 19.6. The SMILES string of the molecule is COc1ccc2c(c1)CN(C(=O)C1CC(=O)N(c3ccc(C)cc3F)C1)CC2. The van der Waals surface area contributed by atoms with Gasteiger partial charge in [0.25, 0.3) is 0 Å². The van der Waals surface area contributed by atoms with Gasteiger partial charge in [-0.05, 0) is 54.3 Å². The summed E-state index contributed by atoms with van der Waals surface area (Å²) in [7, 11) is 1.62. The summed E-state index contributed by atoms with van der Waals surface area (Å²) in [6.07, 6.45) is 0.898. The molecule has 1 atom stereocenters. The number of carbonyl (C=O) groups is 2. The van der Waals surface area contributed by atoms with E-state index in [2.05, 4.69) is 0 Å². The van der Waals surface area contributed by atoms with Gasteiger partial charge in [0.15, 0.2) is 0 Å². The molecule has 4 rings (SSSR count). The number of hydrogen-bond donors (Lipinski definition) is 0. The van der Waals surface area contributed by atoms with Crippen LogP contribution in [-0.4, -0.2) is 36.9 Å². The molecule has 0 radical (unpaired) electrons. The van der Waals surface area contributed by atoms with Crippen LogP contribution in [0.1, 0.15) is 23.1 Å². The van der Waals surface area contributed by atoms with E-state index in [1.807, 2.05) is 18.2 Å². The monoisotopic (exact) mass is 382 g/mol. The second kappa shape index (κ2) is 7.26. The maximum atomic E-state index is 14.3. The van der Waals surface area contributed by atoms with Crippen molar-refractivity contribution in [1.29, 1.82) is 0 Å². The van der Waals surface area contributed by atoms with E-state index in [0.717, 1.165) is 23.3 Å². The molecule has 146 valence electrons. The van der Waals surface area contributed by atoms with E-state index in [0.29, 0.717) is 13.1 Å². The van der Waals surface area contributed by atoms with Crippen molar-refractivity contribution in [3.8, 4) is 5.75 Å². The molecule has 1 saturated heterocycles. The third kappa shape index (κ3) is 3.35. The van der Waals surface area contributed by atoms with Gasteiger partial charge in [-0.3, -0.25) is 9.59 Å². The number of methoxy groups -OCH3 is 1. The van der Waals surface area contributed by atoms with Gasteiger partial charge in [-0.15, -0.1) is 0 Å². The highest BCUT2D eigenvalue weighted by molar-refractivity contribution is 6.00.